The van der Waals surface area contributed by atoms with Gasteiger partial charge in [-0.3, -0.25) is 0 Å². The predicted octanol–water partition coefficient (Wildman–Crippen LogP) is 10.3. The monoisotopic (exact) mass is 854 g/mol. The molecule has 12 heteroatoms. The Kier molecular flexibility index (Phi) is 18.7. The number of esters is 5. The van der Waals surface area contributed by atoms with Crippen molar-refractivity contribution in [2.75, 3.05) is 26.4 Å². The van der Waals surface area contributed by atoms with Crippen LogP contribution in [0.1, 0.15) is 82.4 Å². The predicted molar refractivity (Wildman–Crippen MR) is 236 cm³/mol. The van der Waals surface area contributed by atoms with Crippen LogP contribution >= 0.6 is 0 Å². The van der Waals surface area contributed by atoms with Gasteiger partial charge >= 0.3 is 29.8 Å². The average molecular weight is 855 g/mol. The molecule has 5 aromatic rings. The highest BCUT2D eigenvalue weighted by Gasteiger charge is 2.14. The Morgan fingerprint density at radius 3 is 0.968 bits per heavy atom. The molecule has 0 saturated heterocycles. The van der Waals surface area contributed by atoms with Crippen molar-refractivity contribution in [1.29, 1.82) is 0 Å². The lowest BCUT2D eigenvalue weighted by Gasteiger charge is -2.09. The number of carbonyl (C=O) groups excluding carboxylic acids is 5. The molecular weight excluding hydrogens is 805 g/mol. The highest BCUT2D eigenvalue weighted by molar-refractivity contribution is 5.93. The van der Waals surface area contributed by atoms with E-state index in [9.17, 15) is 24.0 Å². The van der Waals surface area contributed by atoms with Gasteiger partial charge in [0.25, 0.3) is 0 Å². The second-order valence-corrected chi connectivity index (χ2v) is 14.1. The summed E-state index contributed by atoms with van der Waals surface area (Å²) in [5.74, 6) is -0.385. The van der Waals surface area contributed by atoms with Crippen molar-refractivity contribution < 1.29 is 57.1 Å². The summed E-state index contributed by atoms with van der Waals surface area (Å²) in [6.07, 6.45) is 9.39. The summed E-state index contributed by atoms with van der Waals surface area (Å²) in [6, 6.07) is 33.5. The number of carbonyl (C=O) groups is 5. The van der Waals surface area contributed by atoms with Crippen LogP contribution in [0, 0.1) is 0 Å². The summed E-state index contributed by atoms with van der Waals surface area (Å²) in [6.45, 7) is 8.62. The normalized spacial score (nSPS) is 10.5. The van der Waals surface area contributed by atoms with Crippen molar-refractivity contribution in [2.45, 2.75) is 51.4 Å². The summed E-state index contributed by atoms with van der Waals surface area (Å²) in [5, 5.41) is 0. The fourth-order valence-electron chi connectivity index (χ4n) is 5.92. The zero-order valence-corrected chi connectivity index (χ0v) is 35.0. The minimum atomic E-state index is -0.626. The maximum atomic E-state index is 12.9. The summed E-state index contributed by atoms with van der Waals surface area (Å²) >= 11 is 0. The molecule has 0 heterocycles. The van der Waals surface area contributed by atoms with Gasteiger partial charge in [-0.1, -0.05) is 37.4 Å². The maximum Gasteiger partial charge on any atom is 0.343 e. The lowest BCUT2D eigenvalue weighted by Crippen LogP contribution is -2.10. The van der Waals surface area contributed by atoms with Gasteiger partial charge in [0, 0.05) is 12.2 Å². The van der Waals surface area contributed by atoms with E-state index < -0.39 is 29.8 Å². The van der Waals surface area contributed by atoms with Crippen molar-refractivity contribution >= 4 is 29.8 Å². The Labute approximate surface area is 367 Å². The summed E-state index contributed by atoms with van der Waals surface area (Å²) in [7, 11) is 0. The Balaban J connectivity index is 0.985. The smallest absolute Gasteiger partial charge is 0.343 e. The first-order valence-electron chi connectivity index (χ1n) is 20.7. The number of benzene rings is 5. The summed E-state index contributed by atoms with van der Waals surface area (Å²) < 4.78 is 38.0. The molecule has 5 rings (SSSR count). The zero-order chi connectivity index (χ0) is 44.7. The number of hydrogen-bond acceptors (Lipinski definition) is 12. The van der Waals surface area contributed by atoms with Crippen LogP contribution < -0.4 is 23.7 Å². The molecule has 0 unspecified atom stereocenters. The second-order valence-electron chi connectivity index (χ2n) is 14.1. The van der Waals surface area contributed by atoms with Crippen LogP contribution in [0.15, 0.2) is 147 Å². The fourth-order valence-corrected chi connectivity index (χ4v) is 5.92. The minimum absolute atomic E-state index is 0.239. The van der Waals surface area contributed by atoms with Crippen LogP contribution in [0.5, 0.6) is 28.7 Å². The van der Waals surface area contributed by atoms with Gasteiger partial charge in [-0.15, -0.1) is 0 Å². The van der Waals surface area contributed by atoms with E-state index in [2.05, 4.69) is 13.2 Å². The van der Waals surface area contributed by atoms with E-state index in [0.717, 1.165) is 80.4 Å². The largest absolute Gasteiger partial charge is 0.494 e. The van der Waals surface area contributed by atoms with Crippen LogP contribution in [-0.2, 0) is 19.1 Å². The van der Waals surface area contributed by atoms with Gasteiger partial charge in [-0.05, 0) is 160 Å². The van der Waals surface area contributed by atoms with Crippen molar-refractivity contribution in [1.82, 2.24) is 0 Å². The zero-order valence-electron chi connectivity index (χ0n) is 35.0. The molecule has 0 aliphatic carbocycles. The molecule has 0 atom stereocenters. The van der Waals surface area contributed by atoms with E-state index in [1.807, 2.05) is 36.4 Å². The molecule has 0 spiro atoms. The molecule has 0 amide bonds. The molecule has 0 aromatic heterocycles. The van der Waals surface area contributed by atoms with Crippen LogP contribution in [0.25, 0.3) is 11.1 Å². The molecule has 5 aromatic carbocycles. The van der Waals surface area contributed by atoms with Gasteiger partial charge in [-0.25, -0.2) is 24.0 Å². The molecule has 63 heavy (non-hydrogen) atoms. The first kappa shape index (κ1) is 46.6. The first-order valence-corrected chi connectivity index (χ1v) is 20.7. The van der Waals surface area contributed by atoms with Crippen molar-refractivity contribution in [2.24, 2.45) is 0 Å². The first-order chi connectivity index (χ1) is 30.7. The highest BCUT2D eigenvalue weighted by atomic mass is 16.6. The molecule has 0 saturated carbocycles. The topological polar surface area (TPSA) is 150 Å². The van der Waals surface area contributed by atoms with E-state index in [4.69, 9.17) is 33.2 Å². The lowest BCUT2D eigenvalue weighted by atomic mass is 10.0. The molecule has 0 radical (unpaired) electrons. The Bertz CT molecular complexity index is 2260. The second kappa shape index (κ2) is 25.3. The van der Waals surface area contributed by atoms with Crippen molar-refractivity contribution in [3.8, 4) is 39.9 Å². The molecule has 0 aliphatic heterocycles. The lowest BCUT2D eigenvalue weighted by molar-refractivity contribution is -0.138. The van der Waals surface area contributed by atoms with E-state index in [1.54, 1.807) is 36.4 Å². The van der Waals surface area contributed by atoms with Crippen LogP contribution in [0.2, 0.25) is 0 Å². The molecule has 326 valence electrons. The minimum Gasteiger partial charge on any atom is -0.494 e. The molecule has 0 fully saturated rings. The molecule has 0 N–H and O–H groups in total. The quantitative estimate of drug-likeness (QED) is 0.0238. The number of ether oxygens (including phenoxy) is 7. The average Bonchev–Trinajstić information content (AvgIpc) is 3.31. The molecule has 12 nitrogen and oxygen atoms in total. The van der Waals surface area contributed by atoms with E-state index in [1.165, 1.54) is 48.5 Å². The van der Waals surface area contributed by atoms with Crippen molar-refractivity contribution in [3.63, 3.8) is 0 Å². The SMILES string of the molecule is C=CC(=O)OCCCCCCOc1ccc(C(=O)Oc2ccc(OC(=O)c3ccc(OC(=O)c4ccc(-c5ccc(OCCCCCCOC(=O)C=C)cc5)cc4)cc3)cc2)cc1. The van der Waals surface area contributed by atoms with Crippen molar-refractivity contribution in [3.05, 3.63) is 163 Å². The Hall–Kier alpha value is -7.47. The van der Waals surface area contributed by atoms with E-state index in [-0.39, 0.29) is 22.8 Å². The number of unbranched alkanes of at least 4 members (excludes halogenated alkanes) is 6. The third-order valence-electron chi connectivity index (χ3n) is 9.38. The standard InChI is InChI=1S/C51H50O12/c1-3-47(52)59-35-11-7-5-9-33-57-42-23-17-38(18-24-42)37-13-15-39(16-14-37)49(54)61-44-27-21-41(22-28-44)51(56)63-46-31-29-45(30-32-46)62-50(55)40-19-25-43(26-20-40)58-34-10-6-8-12-36-60-48(53)4-2/h3-4,13-32H,1-2,5-12,33-36H2. The molecule has 0 aliphatic rings. The number of rotatable bonds is 25. The van der Waals surface area contributed by atoms with Crippen LogP contribution in [0.4, 0.5) is 0 Å². The fraction of sp³-hybridized carbons (Fsp3) is 0.235. The third-order valence-corrected chi connectivity index (χ3v) is 9.38. The van der Waals surface area contributed by atoms with E-state index in [0.29, 0.717) is 43.3 Å². The van der Waals surface area contributed by atoms with E-state index >= 15 is 0 Å². The summed E-state index contributed by atoms with van der Waals surface area (Å²) in [4.78, 5) is 60.5. The number of hydrogen-bond donors (Lipinski definition) is 0. The van der Waals surface area contributed by atoms with Gasteiger partial charge in [0.2, 0.25) is 0 Å². The summed E-state index contributed by atoms with van der Waals surface area (Å²) in [5.41, 5.74) is 2.83. The molecule has 0 bridgehead atoms. The van der Waals surface area contributed by atoms with Crippen LogP contribution in [0.3, 0.4) is 0 Å². The van der Waals surface area contributed by atoms with Gasteiger partial charge < -0.3 is 33.2 Å². The van der Waals surface area contributed by atoms with Gasteiger partial charge in [0.15, 0.2) is 0 Å². The van der Waals surface area contributed by atoms with Gasteiger partial charge in [0.1, 0.15) is 28.7 Å². The Morgan fingerprint density at radius 2 is 0.619 bits per heavy atom. The van der Waals surface area contributed by atoms with Gasteiger partial charge in [-0.2, -0.15) is 0 Å². The maximum absolute atomic E-state index is 12.9. The molecular formula is C51H50O12. The van der Waals surface area contributed by atoms with Crippen LogP contribution in [-0.4, -0.2) is 56.3 Å². The Morgan fingerprint density at radius 1 is 0.349 bits per heavy atom. The third kappa shape index (κ3) is 16.1. The van der Waals surface area contributed by atoms with Gasteiger partial charge in [0.05, 0.1) is 43.1 Å². The highest BCUT2D eigenvalue weighted by Crippen LogP contribution is 2.25.